The van der Waals surface area contributed by atoms with Crippen LogP contribution in [-0.2, 0) is 11.8 Å². The fraction of sp³-hybridized carbons (Fsp3) is 0.579. The Hall–Kier alpha value is -3.12. The maximum atomic E-state index is 13.5. The molecule has 5 rings (SSSR count). The molecule has 164 valence electrons. The molecule has 2 aliphatic rings. The smallest absolute Gasteiger partial charge is 0.272 e. The Morgan fingerprint density at radius 1 is 1.26 bits per heavy atom. The minimum Gasteiger partial charge on any atom is -0.373 e. The normalized spacial score (nSPS) is 22.7. The molecule has 2 atom stereocenters. The van der Waals surface area contributed by atoms with E-state index in [1.54, 1.807) is 10.7 Å². The molecular formula is C19H26N10O2. The van der Waals surface area contributed by atoms with Gasteiger partial charge in [0.2, 0.25) is 0 Å². The van der Waals surface area contributed by atoms with Gasteiger partial charge in [0.1, 0.15) is 12.0 Å². The van der Waals surface area contributed by atoms with Crippen molar-refractivity contribution < 1.29 is 9.53 Å². The highest BCUT2D eigenvalue weighted by atomic mass is 16.5. The van der Waals surface area contributed by atoms with Crippen LogP contribution in [0.3, 0.4) is 0 Å². The monoisotopic (exact) mass is 426 g/mol. The summed E-state index contributed by atoms with van der Waals surface area (Å²) in [6.45, 7) is 3.93. The molecule has 0 aromatic carbocycles. The lowest BCUT2D eigenvalue weighted by Gasteiger charge is -2.43. The number of aromatic amines is 1. The summed E-state index contributed by atoms with van der Waals surface area (Å²) >= 11 is 0. The summed E-state index contributed by atoms with van der Waals surface area (Å²) < 4.78 is 9.38. The third-order valence-electron chi connectivity index (χ3n) is 5.94. The number of aryl methyl sites for hydroxylation is 1. The van der Waals surface area contributed by atoms with Crippen molar-refractivity contribution in [1.82, 2.24) is 50.0 Å². The molecule has 12 heteroatoms. The number of piperidine rings is 1. The lowest BCUT2D eigenvalue weighted by Crippen LogP contribution is -2.52. The van der Waals surface area contributed by atoms with E-state index in [0.717, 1.165) is 25.2 Å². The number of morpholine rings is 1. The van der Waals surface area contributed by atoms with Gasteiger partial charge in [-0.25, -0.2) is 0 Å². The molecule has 12 nitrogen and oxygen atoms in total. The maximum absolute atomic E-state index is 13.5. The van der Waals surface area contributed by atoms with E-state index in [-0.39, 0.29) is 18.1 Å². The number of nitrogens with one attached hydrogen (secondary N) is 1. The molecule has 31 heavy (non-hydrogen) atoms. The zero-order valence-electron chi connectivity index (χ0n) is 17.5. The third-order valence-corrected chi connectivity index (χ3v) is 5.94. The lowest BCUT2D eigenvalue weighted by molar-refractivity contribution is -0.0743. The van der Waals surface area contributed by atoms with E-state index >= 15 is 0 Å². The molecule has 3 aromatic heterocycles. The van der Waals surface area contributed by atoms with Crippen LogP contribution < -0.4 is 0 Å². The molecule has 0 spiro atoms. The van der Waals surface area contributed by atoms with Crippen LogP contribution in [0.15, 0.2) is 24.8 Å². The molecule has 1 amide bonds. The molecule has 3 aromatic rings. The van der Waals surface area contributed by atoms with Gasteiger partial charge in [0.05, 0.1) is 24.9 Å². The van der Waals surface area contributed by atoms with Crippen molar-refractivity contribution in [2.45, 2.75) is 31.4 Å². The highest BCUT2D eigenvalue weighted by Gasteiger charge is 2.39. The second kappa shape index (κ2) is 8.55. The summed E-state index contributed by atoms with van der Waals surface area (Å²) in [6, 6.07) is 1.44. The number of hydrogen-bond donors (Lipinski definition) is 1. The molecule has 2 fully saturated rings. The third kappa shape index (κ3) is 4.08. The van der Waals surface area contributed by atoms with Crippen molar-refractivity contribution in [1.29, 1.82) is 0 Å². The fourth-order valence-corrected chi connectivity index (χ4v) is 4.46. The van der Waals surface area contributed by atoms with Crippen LogP contribution in [0.1, 0.15) is 41.4 Å². The molecule has 5 heterocycles. The van der Waals surface area contributed by atoms with Gasteiger partial charge in [0.25, 0.3) is 5.91 Å². The van der Waals surface area contributed by atoms with Crippen LogP contribution in [0.5, 0.6) is 0 Å². The number of amides is 1. The molecule has 0 radical (unpaired) electrons. The van der Waals surface area contributed by atoms with E-state index in [4.69, 9.17) is 4.74 Å². The van der Waals surface area contributed by atoms with Gasteiger partial charge in [-0.05, 0) is 36.4 Å². The molecule has 0 saturated carbocycles. The Bertz CT molecular complexity index is 1010. The number of carbonyl (C=O) groups excluding carboxylic acids is 1. The largest absolute Gasteiger partial charge is 0.373 e. The standard InChI is InChI=1S/C19H26N10O2/c1-26-11-14(10-21-26)18-16(12-27-5-3-2-4-6-27)31-8-7-28(18)19(30)15-9-17(23-22-15)29-13-20-24-25-29/h9-11,13,16,18H,2-8,12H2,1H3,(H,22,23)/t16-,18-/m0/s1. The van der Waals surface area contributed by atoms with Crippen molar-refractivity contribution in [3.05, 3.63) is 36.0 Å². The first-order valence-corrected chi connectivity index (χ1v) is 10.6. The van der Waals surface area contributed by atoms with Gasteiger partial charge < -0.3 is 14.5 Å². The summed E-state index contributed by atoms with van der Waals surface area (Å²) in [5.41, 5.74) is 1.36. The number of nitrogens with zero attached hydrogens (tertiary/aromatic N) is 9. The SMILES string of the molecule is Cn1cc([C@H]2[C@H](CN3CCCCC3)OCCN2C(=O)c2cc(-n3cnnn3)n[nH]2)cn1. The van der Waals surface area contributed by atoms with Gasteiger partial charge in [-0.3, -0.25) is 14.6 Å². The number of likely N-dealkylation sites (tertiary alicyclic amines) is 1. The van der Waals surface area contributed by atoms with Crippen LogP contribution in [0, 0.1) is 0 Å². The van der Waals surface area contributed by atoms with Crippen LogP contribution in [0.4, 0.5) is 0 Å². The average molecular weight is 426 g/mol. The van der Waals surface area contributed by atoms with Crippen LogP contribution in [-0.4, -0.2) is 94.8 Å². The summed E-state index contributed by atoms with van der Waals surface area (Å²) in [5.74, 6) is 0.331. The molecule has 1 N–H and O–H groups in total. The number of tetrazole rings is 1. The van der Waals surface area contributed by atoms with E-state index in [2.05, 4.69) is 35.7 Å². The highest BCUT2D eigenvalue weighted by molar-refractivity contribution is 5.93. The Labute approximate surface area is 179 Å². The fourth-order valence-electron chi connectivity index (χ4n) is 4.46. The highest BCUT2D eigenvalue weighted by Crippen LogP contribution is 2.32. The van der Waals surface area contributed by atoms with Gasteiger partial charge in [0.15, 0.2) is 5.82 Å². The van der Waals surface area contributed by atoms with E-state index in [1.807, 2.05) is 24.3 Å². The molecule has 2 saturated heterocycles. The Morgan fingerprint density at radius 3 is 2.87 bits per heavy atom. The van der Waals surface area contributed by atoms with Gasteiger partial charge in [-0.1, -0.05) is 6.42 Å². The van der Waals surface area contributed by atoms with Crippen molar-refractivity contribution >= 4 is 5.91 Å². The summed E-state index contributed by atoms with van der Waals surface area (Å²) in [5, 5.41) is 22.4. The van der Waals surface area contributed by atoms with Crippen molar-refractivity contribution in [2.75, 3.05) is 32.8 Å². The van der Waals surface area contributed by atoms with Crippen molar-refractivity contribution in [3.8, 4) is 5.82 Å². The Morgan fingerprint density at radius 2 is 2.13 bits per heavy atom. The molecule has 0 unspecified atom stereocenters. The first-order valence-electron chi connectivity index (χ1n) is 10.6. The maximum Gasteiger partial charge on any atom is 0.272 e. The molecule has 0 aliphatic carbocycles. The second-order valence-electron chi connectivity index (χ2n) is 8.06. The van der Waals surface area contributed by atoms with E-state index in [0.29, 0.717) is 24.7 Å². The Kier molecular flexibility index (Phi) is 5.47. The predicted molar refractivity (Wildman–Crippen MR) is 108 cm³/mol. The first-order chi connectivity index (χ1) is 15.2. The van der Waals surface area contributed by atoms with Crippen LogP contribution >= 0.6 is 0 Å². The average Bonchev–Trinajstić information content (AvgIpc) is 3.55. The summed E-state index contributed by atoms with van der Waals surface area (Å²) in [7, 11) is 1.88. The van der Waals surface area contributed by atoms with Crippen LogP contribution in [0.25, 0.3) is 5.82 Å². The minimum absolute atomic E-state index is 0.123. The van der Waals surface area contributed by atoms with Gasteiger partial charge in [0, 0.05) is 38.0 Å². The number of carbonyl (C=O) groups is 1. The number of ether oxygens (including phenoxy) is 1. The quantitative estimate of drug-likeness (QED) is 0.613. The van der Waals surface area contributed by atoms with Gasteiger partial charge in [-0.2, -0.15) is 14.9 Å². The predicted octanol–water partition coefficient (Wildman–Crippen LogP) is 0.187. The number of H-pyrrole nitrogens is 1. The van der Waals surface area contributed by atoms with Gasteiger partial charge >= 0.3 is 0 Å². The molecule has 2 aliphatic heterocycles. The minimum atomic E-state index is -0.225. The lowest BCUT2D eigenvalue weighted by atomic mass is 9.99. The zero-order valence-corrected chi connectivity index (χ0v) is 17.5. The summed E-state index contributed by atoms with van der Waals surface area (Å²) in [4.78, 5) is 17.8. The summed E-state index contributed by atoms with van der Waals surface area (Å²) in [6.07, 6.45) is 8.79. The Balaban J connectivity index is 1.41. The topological polar surface area (TPSA) is 123 Å². The van der Waals surface area contributed by atoms with E-state index < -0.39 is 0 Å². The van der Waals surface area contributed by atoms with Crippen LogP contribution in [0.2, 0.25) is 0 Å². The van der Waals surface area contributed by atoms with E-state index in [1.165, 1.54) is 30.3 Å². The second-order valence-corrected chi connectivity index (χ2v) is 8.06. The van der Waals surface area contributed by atoms with E-state index in [9.17, 15) is 4.79 Å². The molecule has 0 bridgehead atoms. The first kappa shape index (κ1) is 19.8. The van der Waals surface area contributed by atoms with Crippen molar-refractivity contribution in [2.24, 2.45) is 7.05 Å². The van der Waals surface area contributed by atoms with Crippen molar-refractivity contribution in [3.63, 3.8) is 0 Å². The number of rotatable bonds is 5. The zero-order chi connectivity index (χ0) is 21.2. The van der Waals surface area contributed by atoms with Gasteiger partial charge in [-0.15, -0.1) is 5.10 Å². The molecular weight excluding hydrogens is 400 g/mol. The number of hydrogen-bond acceptors (Lipinski definition) is 8. The number of aromatic nitrogens is 8.